The highest BCUT2D eigenvalue weighted by Crippen LogP contribution is 2.25. The number of halogens is 2. The maximum atomic E-state index is 11.7. The number of rotatable bonds is 4. The summed E-state index contributed by atoms with van der Waals surface area (Å²) in [6.07, 6.45) is 0. The zero-order valence-corrected chi connectivity index (χ0v) is 12.7. The Morgan fingerprint density at radius 3 is 2.47 bits per heavy atom. The Labute approximate surface area is 124 Å². The van der Waals surface area contributed by atoms with Crippen LogP contribution in [0.15, 0.2) is 22.7 Å². The van der Waals surface area contributed by atoms with Crippen molar-refractivity contribution in [2.24, 2.45) is 5.92 Å². The number of hydrogen-bond donors (Lipinski definition) is 3. The minimum Gasteiger partial charge on any atom is -0.480 e. The van der Waals surface area contributed by atoms with Crippen LogP contribution in [0.5, 0.6) is 0 Å². The normalized spacial score (nSPS) is 12.1. The van der Waals surface area contributed by atoms with Gasteiger partial charge in [0.1, 0.15) is 6.04 Å². The molecule has 1 rings (SSSR count). The van der Waals surface area contributed by atoms with Gasteiger partial charge < -0.3 is 15.7 Å². The van der Waals surface area contributed by atoms with Crippen LogP contribution >= 0.6 is 27.5 Å². The fourth-order valence-electron chi connectivity index (χ4n) is 1.40. The Hall–Kier alpha value is -1.27. The number of carboxylic acid groups (broad SMARTS) is 1. The molecule has 1 atom stereocenters. The minimum absolute atomic E-state index is 0.208. The molecule has 0 radical (unpaired) electrons. The van der Waals surface area contributed by atoms with E-state index in [4.69, 9.17) is 16.7 Å². The minimum atomic E-state index is -1.07. The van der Waals surface area contributed by atoms with Crippen LogP contribution in [0.2, 0.25) is 5.02 Å². The molecule has 1 unspecified atom stereocenters. The predicted octanol–water partition coefficient (Wildman–Crippen LogP) is 3.33. The lowest BCUT2D eigenvalue weighted by molar-refractivity contribution is -0.140. The van der Waals surface area contributed by atoms with Crippen molar-refractivity contribution < 1.29 is 14.7 Å². The largest absolute Gasteiger partial charge is 0.480 e. The average molecular weight is 350 g/mol. The zero-order chi connectivity index (χ0) is 14.6. The maximum absolute atomic E-state index is 11.7. The first-order chi connectivity index (χ1) is 8.81. The van der Waals surface area contributed by atoms with Gasteiger partial charge in [-0.1, -0.05) is 25.4 Å². The van der Waals surface area contributed by atoms with Gasteiger partial charge in [0, 0.05) is 10.2 Å². The maximum Gasteiger partial charge on any atom is 0.326 e. The summed E-state index contributed by atoms with van der Waals surface area (Å²) in [6, 6.07) is 3.37. The van der Waals surface area contributed by atoms with Crippen molar-refractivity contribution in [3.05, 3.63) is 27.7 Å². The predicted molar refractivity (Wildman–Crippen MR) is 77.6 cm³/mol. The fraction of sp³-hybridized carbons (Fsp3) is 0.333. The molecule has 0 fully saturated rings. The molecular formula is C12H14BrClN2O3. The number of amides is 2. The van der Waals surface area contributed by atoms with Crippen molar-refractivity contribution in [3.63, 3.8) is 0 Å². The Bertz CT molecular complexity index is 494. The van der Waals surface area contributed by atoms with E-state index >= 15 is 0 Å². The standard InChI is InChI=1S/C12H14BrClN2O3/c1-6(2)10(11(17)18)16-12(19)15-7-3-4-9(14)8(13)5-7/h3-6,10H,1-2H3,(H,17,18)(H2,15,16,19). The average Bonchev–Trinajstić information content (AvgIpc) is 2.30. The van der Waals surface area contributed by atoms with Crippen LogP contribution in [-0.4, -0.2) is 23.1 Å². The Balaban J connectivity index is 2.69. The van der Waals surface area contributed by atoms with Gasteiger partial charge in [0.15, 0.2) is 0 Å². The number of anilines is 1. The summed E-state index contributed by atoms with van der Waals surface area (Å²) in [6.45, 7) is 3.44. The molecule has 0 saturated heterocycles. The van der Waals surface area contributed by atoms with E-state index in [1.54, 1.807) is 32.0 Å². The summed E-state index contributed by atoms with van der Waals surface area (Å²) < 4.78 is 0.644. The second kappa shape index (κ2) is 6.77. The molecule has 0 heterocycles. The molecule has 0 aromatic heterocycles. The highest BCUT2D eigenvalue weighted by molar-refractivity contribution is 9.10. The van der Waals surface area contributed by atoms with E-state index in [0.717, 1.165) is 0 Å². The number of benzene rings is 1. The van der Waals surface area contributed by atoms with Crippen molar-refractivity contribution in [1.82, 2.24) is 5.32 Å². The van der Waals surface area contributed by atoms with Crippen LogP contribution in [0, 0.1) is 5.92 Å². The third kappa shape index (κ3) is 4.72. The first-order valence-electron chi connectivity index (χ1n) is 5.56. The van der Waals surface area contributed by atoms with Gasteiger partial charge in [-0.2, -0.15) is 0 Å². The molecule has 3 N–H and O–H groups in total. The lowest BCUT2D eigenvalue weighted by Gasteiger charge is -2.18. The molecule has 104 valence electrons. The second-order valence-corrected chi connectivity index (χ2v) is 5.55. The molecule has 1 aromatic rings. The number of urea groups is 1. The molecule has 0 spiro atoms. The molecule has 7 heteroatoms. The van der Waals surface area contributed by atoms with Crippen molar-refractivity contribution in [2.75, 3.05) is 5.32 Å². The Morgan fingerprint density at radius 2 is 2.00 bits per heavy atom. The SMILES string of the molecule is CC(C)C(NC(=O)Nc1ccc(Cl)c(Br)c1)C(=O)O. The van der Waals surface area contributed by atoms with E-state index in [-0.39, 0.29) is 5.92 Å². The highest BCUT2D eigenvalue weighted by atomic mass is 79.9. The number of carbonyl (C=O) groups excluding carboxylic acids is 1. The number of carbonyl (C=O) groups is 2. The number of aliphatic carboxylic acids is 1. The van der Waals surface area contributed by atoms with Crippen molar-refractivity contribution >= 4 is 45.2 Å². The number of hydrogen-bond acceptors (Lipinski definition) is 2. The van der Waals surface area contributed by atoms with Gasteiger partial charge in [-0.25, -0.2) is 9.59 Å². The summed E-state index contributed by atoms with van der Waals surface area (Å²) in [5.74, 6) is -1.28. The molecule has 19 heavy (non-hydrogen) atoms. The van der Waals surface area contributed by atoms with Gasteiger partial charge in [-0.3, -0.25) is 0 Å². The molecule has 0 saturated carbocycles. The summed E-state index contributed by atoms with van der Waals surface area (Å²) in [7, 11) is 0. The van der Waals surface area contributed by atoms with Crippen LogP contribution in [-0.2, 0) is 4.79 Å². The Morgan fingerprint density at radius 1 is 1.37 bits per heavy atom. The zero-order valence-electron chi connectivity index (χ0n) is 10.4. The summed E-state index contributed by atoms with van der Waals surface area (Å²) in [5.41, 5.74) is 0.515. The molecule has 0 aliphatic carbocycles. The van der Waals surface area contributed by atoms with E-state index < -0.39 is 18.0 Å². The monoisotopic (exact) mass is 348 g/mol. The molecule has 0 bridgehead atoms. The summed E-state index contributed by atoms with van der Waals surface area (Å²) >= 11 is 9.07. The first-order valence-corrected chi connectivity index (χ1v) is 6.73. The summed E-state index contributed by atoms with van der Waals surface area (Å²) in [4.78, 5) is 22.7. The van der Waals surface area contributed by atoms with E-state index in [1.807, 2.05) is 0 Å². The van der Waals surface area contributed by atoms with Gasteiger partial charge in [-0.15, -0.1) is 0 Å². The van der Waals surface area contributed by atoms with Gasteiger partial charge in [-0.05, 0) is 40.0 Å². The first kappa shape index (κ1) is 15.8. The highest BCUT2D eigenvalue weighted by Gasteiger charge is 2.23. The van der Waals surface area contributed by atoms with Gasteiger partial charge >= 0.3 is 12.0 Å². The number of carboxylic acids is 1. The van der Waals surface area contributed by atoms with Gasteiger partial charge in [0.25, 0.3) is 0 Å². The topological polar surface area (TPSA) is 78.4 Å². The third-order valence-electron chi connectivity index (χ3n) is 2.40. The third-order valence-corrected chi connectivity index (χ3v) is 3.61. The van der Waals surface area contributed by atoms with E-state index in [9.17, 15) is 9.59 Å². The van der Waals surface area contributed by atoms with Crippen molar-refractivity contribution in [1.29, 1.82) is 0 Å². The van der Waals surface area contributed by atoms with Gasteiger partial charge in [0.2, 0.25) is 0 Å². The quantitative estimate of drug-likeness (QED) is 0.780. The van der Waals surface area contributed by atoms with E-state index in [1.165, 1.54) is 0 Å². The number of nitrogens with one attached hydrogen (secondary N) is 2. The second-order valence-electron chi connectivity index (χ2n) is 4.29. The smallest absolute Gasteiger partial charge is 0.326 e. The van der Waals surface area contributed by atoms with Crippen molar-refractivity contribution in [2.45, 2.75) is 19.9 Å². The van der Waals surface area contributed by atoms with Crippen LogP contribution in [0.1, 0.15) is 13.8 Å². The fourth-order valence-corrected chi connectivity index (χ4v) is 1.89. The van der Waals surface area contributed by atoms with E-state index in [2.05, 4.69) is 26.6 Å². The molecular weight excluding hydrogens is 336 g/mol. The Kier molecular flexibility index (Phi) is 5.62. The molecule has 5 nitrogen and oxygen atoms in total. The van der Waals surface area contributed by atoms with Crippen LogP contribution in [0.25, 0.3) is 0 Å². The van der Waals surface area contributed by atoms with Gasteiger partial charge in [0.05, 0.1) is 5.02 Å². The molecule has 0 aliphatic rings. The van der Waals surface area contributed by atoms with E-state index in [0.29, 0.717) is 15.2 Å². The lowest BCUT2D eigenvalue weighted by atomic mass is 10.1. The van der Waals surface area contributed by atoms with Crippen LogP contribution in [0.4, 0.5) is 10.5 Å². The molecule has 2 amide bonds. The molecule has 0 aliphatic heterocycles. The lowest BCUT2D eigenvalue weighted by Crippen LogP contribution is -2.46. The van der Waals surface area contributed by atoms with Crippen LogP contribution in [0.3, 0.4) is 0 Å². The van der Waals surface area contributed by atoms with Crippen LogP contribution < -0.4 is 10.6 Å². The van der Waals surface area contributed by atoms with Crippen molar-refractivity contribution in [3.8, 4) is 0 Å². The molecule has 1 aromatic carbocycles. The summed E-state index contributed by atoms with van der Waals surface area (Å²) in [5, 5.41) is 14.4.